The largest absolute Gasteiger partial charge is 0.417 e. The number of amidine groups is 1. The molecule has 21 heavy (non-hydrogen) atoms. The zero-order chi connectivity index (χ0) is 15.5. The molecule has 0 saturated heterocycles. The van der Waals surface area contributed by atoms with Gasteiger partial charge in [0.05, 0.1) is 17.3 Å². The normalized spacial score (nSPS) is 12.4. The summed E-state index contributed by atoms with van der Waals surface area (Å²) in [6, 6.07) is 3.58. The molecular weight excluding hydrogens is 307 g/mol. The van der Waals surface area contributed by atoms with Gasteiger partial charge in [-0.2, -0.15) is 18.3 Å². The van der Waals surface area contributed by atoms with Crippen molar-refractivity contribution in [1.82, 2.24) is 15.2 Å². The molecule has 0 aliphatic rings. The van der Waals surface area contributed by atoms with E-state index in [4.69, 9.17) is 10.9 Å². The van der Waals surface area contributed by atoms with Crippen LogP contribution >= 0.6 is 11.8 Å². The molecule has 0 aromatic carbocycles. The van der Waals surface area contributed by atoms with Crippen LogP contribution in [0.2, 0.25) is 0 Å². The summed E-state index contributed by atoms with van der Waals surface area (Å²) in [5, 5.41) is 19.5. The minimum absolute atomic E-state index is 0.181. The molecule has 2 rings (SSSR count). The predicted molar refractivity (Wildman–Crippen MR) is 67.9 cm³/mol. The number of oxime groups is 1. The van der Waals surface area contributed by atoms with Gasteiger partial charge < -0.3 is 10.9 Å². The third-order valence-corrected chi connectivity index (χ3v) is 3.28. The first-order valence-electron chi connectivity index (χ1n) is 5.42. The number of hydrogen-bond donors (Lipinski definition) is 2. The van der Waals surface area contributed by atoms with Gasteiger partial charge in [0.2, 0.25) is 0 Å². The van der Waals surface area contributed by atoms with Crippen molar-refractivity contribution in [2.24, 2.45) is 10.9 Å². The fraction of sp³-hybridized carbons (Fsp3) is 0.0909. The third kappa shape index (κ3) is 3.60. The van der Waals surface area contributed by atoms with E-state index < -0.39 is 11.7 Å². The first-order chi connectivity index (χ1) is 9.91. The van der Waals surface area contributed by atoms with Gasteiger partial charge in [-0.25, -0.2) is 4.98 Å². The van der Waals surface area contributed by atoms with Gasteiger partial charge in [-0.15, -0.1) is 5.10 Å². The Kier molecular flexibility index (Phi) is 4.26. The summed E-state index contributed by atoms with van der Waals surface area (Å²) >= 11 is 0.953. The summed E-state index contributed by atoms with van der Waals surface area (Å²) in [7, 11) is 0. The number of nitrogens with zero attached hydrogens (tertiary/aromatic N) is 4. The highest BCUT2D eigenvalue weighted by atomic mass is 32.2. The van der Waals surface area contributed by atoms with Crippen LogP contribution in [-0.2, 0) is 6.18 Å². The molecule has 0 aliphatic heterocycles. The third-order valence-electron chi connectivity index (χ3n) is 2.34. The maximum atomic E-state index is 12.4. The van der Waals surface area contributed by atoms with Gasteiger partial charge in [-0.1, -0.05) is 5.16 Å². The van der Waals surface area contributed by atoms with Crippen LogP contribution in [-0.4, -0.2) is 26.2 Å². The molecule has 0 fully saturated rings. The number of alkyl halides is 3. The van der Waals surface area contributed by atoms with Crippen molar-refractivity contribution >= 4 is 17.6 Å². The van der Waals surface area contributed by atoms with Gasteiger partial charge in [0.15, 0.2) is 5.84 Å². The van der Waals surface area contributed by atoms with Gasteiger partial charge >= 0.3 is 6.18 Å². The summed E-state index contributed by atoms with van der Waals surface area (Å²) < 4.78 is 37.3. The Labute approximate surface area is 120 Å². The van der Waals surface area contributed by atoms with Crippen LogP contribution in [0.4, 0.5) is 13.2 Å². The molecule has 10 heteroatoms. The van der Waals surface area contributed by atoms with E-state index in [0.717, 1.165) is 24.0 Å². The molecule has 2 aromatic rings. The van der Waals surface area contributed by atoms with E-state index in [0.29, 0.717) is 5.56 Å². The predicted octanol–water partition coefficient (Wildman–Crippen LogP) is 2.14. The SMILES string of the molecule is NC(=NO)c1ccnnc1Sc1ccc(C(F)(F)F)cn1. The van der Waals surface area contributed by atoms with Crippen LogP contribution in [0.1, 0.15) is 11.1 Å². The topological polar surface area (TPSA) is 97.3 Å². The number of aromatic nitrogens is 3. The average molecular weight is 315 g/mol. The summed E-state index contributed by atoms with van der Waals surface area (Å²) in [6.07, 6.45) is -2.37. The fourth-order valence-corrected chi connectivity index (χ4v) is 2.16. The fourth-order valence-electron chi connectivity index (χ4n) is 1.35. The van der Waals surface area contributed by atoms with E-state index in [1.54, 1.807) is 0 Å². The van der Waals surface area contributed by atoms with Crippen LogP contribution in [0, 0.1) is 0 Å². The molecule has 0 unspecified atom stereocenters. The molecule has 2 aromatic heterocycles. The van der Waals surface area contributed by atoms with Crippen molar-refractivity contribution in [3.05, 3.63) is 41.7 Å². The van der Waals surface area contributed by atoms with Crippen molar-refractivity contribution < 1.29 is 18.4 Å². The van der Waals surface area contributed by atoms with Gasteiger partial charge in [0.25, 0.3) is 0 Å². The van der Waals surface area contributed by atoms with Crippen LogP contribution in [0.15, 0.2) is 45.8 Å². The van der Waals surface area contributed by atoms with E-state index in [-0.39, 0.29) is 15.9 Å². The molecular formula is C11H8F3N5OS. The summed E-state index contributed by atoms with van der Waals surface area (Å²) in [4.78, 5) is 3.70. The molecule has 110 valence electrons. The van der Waals surface area contributed by atoms with E-state index in [2.05, 4.69) is 20.3 Å². The molecule has 0 bridgehead atoms. The Bertz CT molecular complexity index is 660. The Hall–Kier alpha value is -2.36. The monoisotopic (exact) mass is 315 g/mol. The zero-order valence-electron chi connectivity index (χ0n) is 10.2. The highest BCUT2D eigenvalue weighted by Gasteiger charge is 2.30. The smallest absolute Gasteiger partial charge is 0.409 e. The molecule has 0 atom stereocenters. The van der Waals surface area contributed by atoms with Crippen LogP contribution < -0.4 is 5.73 Å². The molecule has 0 aliphatic carbocycles. The average Bonchev–Trinajstić information content (AvgIpc) is 2.46. The molecule has 3 N–H and O–H groups in total. The number of hydrogen-bond acceptors (Lipinski definition) is 6. The van der Waals surface area contributed by atoms with Crippen LogP contribution in [0.3, 0.4) is 0 Å². The summed E-state index contributed by atoms with van der Waals surface area (Å²) in [5.74, 6) is -0.181. The second-order valence-corrected chi connectivity index (χ2v) is 4.73. The first-order valence-corrected chi connectivity index (χ1v) is 6.24. The number of rotatable bonds is 3. The Morgan fingerprint density at radius 2 is 2.05 bits per heavy atom. The van der Waals surface area contributed by atoms with Gasteiger partial charge in [-0.05, 0) is 30.0 Å². The second kappa shape index (κ2) is 5.95. The lowest BCUT2D eigenvalue weighted by atomic mass is 10.3. The molecule has 0 saturated carbocycles. The van der Waals surface area contributed by atoms with E-state index >= 15 is 0 Å². The van der Waals surface area contributed by atoms with Crippen molar-refractivity contribution in [3.63, 3.8) is 0 Å². The molecule has 2 heterocycles. The van der Waals surface area contributed by atoms with Crippen molar-refractivity contribution in [2.45, 2.75) is 16.2 Å². The van der Waals surface area contributed by atoms with Crippen molar-refractivity contribution in [1.29, 1.82) is 0 Å². The lowest BCUT2D eigenvalue weighted by Crippen LogP contribution is -2.15. The maximum Gasteiger partial charge on any atom is 0.417 e. The van der Waals surface area contributed by atoms with Crippen LogP contribution in [0.25, 0.3) is 0 Å². The van der Waals surface area contributed by atoms with E-state index in [1.807, 2.05) is 0 Å². The molecule has 6 nitrogen and oxygen atoms in total. The quantitative estimate of drug-likeness (QED) is 0.390. The lowest BCUT2D eigenvalue weighted by molar-refractivity contribution is -0.137. The minimum atomic E-state index is -4.44. The minimum Gasteiger partial charge on any atom is -0.409 e. The first kappa shape index (κ1) is 15.0. The number of pyridine rings is 1. The van der Waals surface area contributed by atoms with Gasteiger partial charge in [-0.3, -0.25) is 0 Å². The van der Waals surface area contributed by atoms with E-state index in [9.17, 15) is 13.2 Å². The second-order valence-electron chi connectivity index (χ2n) is 3.72. The Balaban J connectivity index is 2.27. The summed E-state index contributed by atoms with van der Waals surface area (Å²) in [6.45, 7) is 0. The maximum absolute atomic E-state index is 12.4. The molecule has 0 spiro atoms. The van der Waals surface area contributed by atoms with Crippen LogP contribution in [0.5, 0.6) is 0 Å². The lowest BCUT2D eigenvalue weighted by Gasteiger charge is -2.07. The molecule has 0 radical (unpaired) electrons. The number of nitrogens with two attached hydrogens (primary N) is 1. The summed E-state index contributed by atoms with van der Waals surface area (Å²) in [5.41, 5.74) is 4.94. The Morgan fingerprint density at radius 3 is 2.62 bits per heavy atom. The molecule has 0 amide bonds. The zero-order valence-corrected chi connectivity index (χ0v) is 11.1. The van der Waals surface area contributed by atoms with Crippen molar-refractivity contribution in [3.8, 4) is 0 Å². The highest BCUT2D eigenvalue weighted by molar-refractivity contribution is 7.99. The standard InChI is InChI=1S/C11H8F3N5OS/c12-11(13,14)6-1-2-8(16-5-6)21-10-7(9(15)19-20)3-4-17-18-10/h1-5,20H,(H2,15,19). The van der Waals surface area contributed by atoms with Crippen molar-refractivity contribution in [2.75, 3.05) is 0 Å². The van der Waals surface area contributed by atoms with E-state index in [1.165, 1.54) is 18.3 Å². The highest BCUT2D eigenvalue weighted by Crippen LogP contribution is 2.31. The Morgan fingerprint density at radius 1 is 1.29 bits per heavy atom. The van der Waals surface area contributed by atoms with Gasteiger partial charge in [0.1, 0.15) is 10.1 Å². The number of halogens is 3. The van der Waals surface area contributed by atoms with Gasteiger partial charge in [0, 0.05) is 6.20 Å².